The molecule has 0 saturated carbocycles. The van der Waals surface area contributed by atoms with Gasteiger partial charge in [-0.2, -0.15) is 0 Å². The van der Waals surface area contributed by atoms with E-state index in [1.54, 1.807) is 13.0 Å². The fourth-order valence-corrected chi connectivity index (χ4v) is 1.31. The second kappa shape index (κ2) is 4.98. The molecular formula is C11H18N2O2. The lowest BCUT2D eigenvalue weighted by atomic mass is 10.0. The normalized spacial score (nSPS) is 12.9. The number of hydrogen-bond donors (Lipinski definition) is 2. The van der Waals surface area contributed by atoms with Gasteiger partial charge in [-0.3, -0.25) is 4.79 Å². The van der Waals surface area contributed by atoms with Crippen LogP contribution in [0.25, 0.3) is 0 Å². The molecule has 1 atom stereocenters. The number of carbonyl (C=O) groups excluding carboxylic acids is 1. The molecule has 84 valence electrons. The summed E-state index contributed by atoms with van der Waals surface area (Å²) in [5, 5.41) is 2.87. The van der Waals surface area contributed by atoms with Crippen molar-refractivity contribution >= 4 is 5.91 Å². The molecule has 0 aromatic carbocycles. The molecule has 0 aliphatic heterocycles. The van der Waals surface area contributed by atoms with Gasteiger partial charge in [0.25, 0.3) is 5.91 Å². The first kappa shape index (κ1) is 11.8. The van der Waals surface area contributed by atoms with E-state index in [0.717, 1.165) is 5.76 Å². The minimum atomic E-state index is -0.129. The fourth-order valence-electron chi connectivity index (χ4n) is 1.31. The summed E-state index contributed by atoms with van der Waals surface area (Å²) >= 11 is 0. The Hall–Kier alpha value is -1.29. The molecule has 0 bridgehead atoms. The van der Waals surface area contributed by atoms with Gasteiger partial charge in [-0.1, -0.05) is 13.8 Å². The van der Waals surface area contributed by atoms with Crippen LogP contribution in [0.1, 0.15) is 30.0 Å². The number of hydrogen-bond acceptors (Lipinski definition) is 3. The highest BCUT2D eigenvalue weighted by Gasteiger charge is 2.16. The average Bonchev–Trinajstić information content (AvgIpc) is 2.60. The minimum Gasteiger partial charge on any atom is -0.469 e. The Morgan fingerprint density at radius 2 is 2.27 bits per heavy atom. The summed E-state index contributed by atoms with van der Waals surface area (Å²) in [5.74, 6) is 0.928. The molecule has 1 aromatic heterocycles. The third kappa shape index (κ3) is 3.09. The fraction of sp³-hybridized carbons (Fsp3) is 0.545. The molecule has 0 fully saturated rings. The zero-order valence-corrected chi connectivity index (χ0v) is 9.41. The zero-order chi connectivity index (χ0) is 11.4. The Labute approximate surface area is 89.8 Å². The van der Waals surface area contributed by atoms with Gasteiger partial charge in [0.2, 0.25) is 0 Å². The lowest BCUT2D eigenvalue weighted by Crippen LogP contribution is -2.43. The third-order valence-electron chi connectivity index (χ3n) is 2.37. The van der Waals surface area contributed by atoms with Crippen LogP contribution < -0.4 is 11.1 Å². The van der Waals surface area contributed by atoms with Gasteiger partial charge in [-0.25, -0.2) is 0 Å². The number of carbonyl (C=O) groups is 1. The second-order valence-electron chi connectivity index (χ2n) is 4.01. The van der Waals surface area contributed by atoms with E-state index in [9.17, 15) is 4.79 Å². The maximum atomic E-state index is 11.7. The molecule has 0 aliphatic rings. The summed E-state index contributed by atoms with van der Waals surface area (Å²) in [4.78, 5) is 11.7. The summed E-state index contributed by atoms with van der Waals surface area (Å²) in [5.41, 5.74) is 6.11. The second-order valence-corrected chi connectivity index (χ2v) is 4.01. The highest BCUT2D eigenvalue weighted by molar-refractivity contribution is 5.94. The summed E-state index contributed by atoms with van der Waals surface area (Å²) in [6.45, 7) is 6.30. The number of rotatable bonds is 4. The molecule has 1 rings (SSSR count). The molecule has 1 amide bonds. The number of furan rings is 1. The molecule has 1 aromatic rings. The van der Waals surface area contributed by atoms with Crippen LogP contribution in [0, 0.1) is 12.8 Å². The molecule has 3 N–H and O–H groups in total. The van der Waals surface area contributed by atoms with Crippen LogP contribution in [0.2, 0.25) is 0 Å². The van der Waals surface area contributed by atoms with Crippen LogP contribution in [0.15, 0.2) is 16.7 Å². The number of aryl methyl sites for hydroxylation is 1. The van der Waals surface area contributed by atoms with Gasteiger partial charge in [0.1, 0.15) is 12.0 Å². The molecule has 4 heteroatoms. The Kier molecular flexibility index (Phi) is 3.91. The first-order valence-electron chi connectivity index (χ1n) is 5.10. The van der Waals surface area contributed by atoms with E-state index < -0.39 is 0 Å². The predicted molar refractivity (Wildman–Crippen MR) is 58.6 cm³/mol. The summed E-state index contributed by atoms with van der Waals surface area (Å²) in [6.07, 6.45) is 1.46. The Balaban J connectivity index is 2.62. The largest absolute Gasteiger partial charge is 0.469 e. The molecule has 0 aliphatic carbocycles. The highest BCUT2D eigenvalue weighted by atomic mass is 16.3. The summed E-state index contributed by atoms with van der Waals surface area (Å²) < 4.78 is 5.07. The smallest absolute Gasteiger partial charge is 0.254 e. The quantitative estimate of drug-likeness (QED) is 0.787. The molecule has 1 heterocycles. The van der Waals surface area contributed by atoms with E-state index in [0.29, 0.717) is 18.0 Å². The molecule has 0 radical (unpaired) electrons. The van der Waals surface area contributed by atoms with Crippen molar-refractivity contribution < 1.29 is 9.21 Å². The van der Waals surface area contributed by atoms with Crippen molar-refractivity contribution in [2.24, 2.45) is 11.7 Å². The maximum absolute atomic E-state index is 11.7. The monoisotopic (exact) mass is 210 g/mol. The standard InChI is InChI=1S/C11H18N2O2/c1-7(2)10(5-12)13-11(14)9-4-8(3)15-6-9/h4,6-7,10H,5,12H2,1-3H3,(H,13,14). The molecule has 0 spiro atoms. The van der Waals surface area contributed by atoms with Crippen molar-refractivity contribution in [1.29, 1.82) is 0 Å². The first-order chi connectivity index (χ1) is 7.04. The van der Waals surface area contributed by atoms with Crippen molar-refractivity contribution in [2.75, 3.05) is 6.54 Å². The number of nitrogens with one attached hydrogen (secondary N) is 1. The van der Waals surface area contributed by atoms with Gasteiger partial charge in [0.05, 0.1) is 5.56 Å². The van der Waals surface area contributed by atoms with Gasteiger partial charge < -0.3 is 15.5 Å². The number of nitrogens with two attached hydrogens (primary N) is 1. The average molecular weight is 210 g/mol. The van der Waals surface area contributed by atoms with Gasteiger partial charge in [-0.05, 0) is 18.9 Å². The van der Waals surface area contributed by atoms with Crippen molar-refractivity contribution in [3.8, 4) is 0 Å². The van der Waals surface area contributed by atoms with E-state index in [2.05, 4.69) is 5.32 Å². The lowest BCUT2D eigenvalue weighted by molar-refractivity contribution is 0.0927. The summed E-state index contributed by atoms with van der Waals surface area (Å²) in [7, 11) is 0. The van der Waals surface area contributed by atoms with Crippen LogP contribution in [-0.2, 0) is 0 Å². The third-order valence-corrected chi connectivity index (χ3v) is 2.37. The lowest BCUT2D eigenvalue weighted by Gasteiger charge is -2.19. The van der Waals surface area contributed by atoms with Crippen LogP contribution in [-0.4, -0.2) is 18.5 Å². The van der Waals surface area contributed by atoms with Crippen LogP contribution in [0.5, 0.6) is 0 Å². The van der Waals surface area contributed by atoms with Crippen molar-refractivity contribution in [3.63, 3.8) is 0 Å². The van der Waals surface area contributed by atoms with E-state index in [4.69, 9.17) is 10.2 Å². The van der Waals surface area contributed by atoms with Gasteiger partial charge in [0.15, 0.2) is 0 Å². The van der Waals surface area contributed by atoms with E-state index in [-0.39, 0.29) is 11.9 Å². The van der Waals surface area contributed by atoms with Crippen molar-refractivity contribution in [1.82, 2.24) is 5.32 Å². The highest BCUT2D eigenvalue weighted by Crippen LogP contribution is 2.07. The van der Waals surface area contributed by atoms with Gasteiger partial charge >= 0.3 is 0 Å². The number of amides is 1. The zero-order valence-electron chi connectivity index (χ0n) is 9.41. The van der Waals surface area contributed by atoms with Crippen molar-refractivity contribution in [2.45, 2.75) is 26.8 Å². The maximum Gasteiger partial charge on any atom is 0.254 e. The molecular weight excluding hydrogens is 192 g/mol. The Bertz CT molecular complexity index is 331. The molecule has 4 nitrogen and oxygen atoms in total. The van der Waals surface area contributed by atoms with Gasteiger partial charge in [0, 0.05) is 12.6 Å². The van der Waals surface area contributed by atoms with E-state index >= 15 is 0 Å². The SMILES string of the molecule is Cc1cc(C(=O)NC(CN)C(C)C)co1. The molecule has 0 saturated heterocycles. The van der Waals surface area contributed by atoms with E-state index in [1.807, 2.05) is 13.8 Å². The summed E-state index contributed by atoms with van der Waals surface area (Å²) in [6, 6.07) is 1.72. The Morgan fingerprint density at radius 3 is 2.67 bits per heavy atom. The minimum absolute atomic E-state index is 0.00714. The topological polar surface area (TPSA) is 68.3 Å². The molecule has 1 unspecified atom stereocenters. The first-order valence-corrected chi connectivity index (χ1v) is 5.10. The predicted octanol–water partition coefficient (Wildman–Crippen LogP) is 1.30. The van der Waals surface area contributed by atoms with Crippen LogP contribution in [0.4, 0.5) is 0 Å². The van der Waals surface area contributed by atoms with Crippen LogP contribution >= 0.6 is 0 Å². The molecule has 15 heavy (non-hydrogen) atoms. The van der Waals surface area contributed by atoms with Gasteiger partial charge in [-0.15, -0.1) is 0 Å². The van der Waals surface area contributed by atoms with Crippen molar-refractivity contribution in [3.05, 3.63) is 23.7 Å². The Morgan fingerprint density at radius 1 is 1.60 bits per heavy atom. The van der Waals surface area contributed by atoms with Crippen LogP contribution in [0.3, 0.4) is 0 Å². The van der Waals surface area contributed by atoms with E-state index in [1.165, 1.54) is 6.26 Å².